The largest absolute Gasteiger partial charge is 0.390 e. The van der Waals surface area contributed by atoms with Crippen molar-refractivity contribution in [3.63, 3.8) is 0 Å². The molecule has 0 aromatic heterocycles. The lowest BCUT2D eigenvalue weighted by Gasteiger charge is -2.34. The van der Waals surface area contributed by atoms with Crippen molar-refractivity contribution in [1.82, 2.24) is 20.4 Å². The Kier molecular flexibility index (Phi) is 5.54. The van der Waals surface area contributed by atoms with E-state index in [1.54, 1.807) is 12.1 Å². The molecule has 2 unspecified atom stereocenters. The first-order valence-corrected chi connectivity index (χ1v) is 9.99. The van der Waals surface area contributed by atoms with Crippen LogP contribution in [0.2, 0.25) is 0 Å². The second kappa shape index (κ2) is 7.99. The molecule has 0 spiro atoms. The van der Waals surface area contributed by atoms with Crippen LogP contribution >= 0.6 is 0 Å². The second-order valence-corrected chi connectivity index (χ2v) is 8.05. The summed E-state index contributed by atoms with van der Waals surface area (Å²) in [5.41, 5.74) is 2.19. The van der Waals surface area contributed by atoms with Gasteiger partial charge in [0.1, 0.15) is 6.04 Å². The molecule has 0 aliphatic carbocycles. The number of imide groups is 1. The zero-order valence-corrected chi connectivity index (χ0v) is 16.3. The number of nitrogens with one attached hydrogen (secondary N) is 2. The normalized spacial score (nSPS) is 25.4. The molecule has 3 amide bonds. The SMILES string of the molecule is O=C1CCC(N2Cc3c(CN4CCNC(CC(F)(F)F)C4)cccc3C2=O)C(=O)N1. The number of halogens is 3. The van der Waals surface area contributed by atoms with Crippen LogP contribution in [0.15, 0.2) is 18.2 Å². The molecular formula is C20H23F3N4O3. The zero-order chi connectivity index (χ0) is 21.5. The first-order chi connectivity index (χ1) is 14.2. The minimum Gasteiger partial charge on any atom is -0.322 e. The lowest BCUT2D eigenvalue weighted by atomic mass is 10.0. The Balaban J connectivity index is 1.48. The molecule has 2 fully saturated rings. The van der Waals surface area contributed by atoms with Gasteiger partial charge in [0.25, 0.3) is 5.91 Å². The van der Waals surface area contributed by atoms with Crippen molar-refractivity contribution in [3.8, 4) is 0 Å². The van der Waals surface area contributed by atoms with E-state index in [2.05, 4.69) is 10.6 Å². The zero-order valence-electron chi connectivity index (χ0n) is 16.3. The van der Waals surface area contributed by atoms with Gasteiger partial charge in [-0.3, -0.25) is 24.6 Å². The van der Waals surface area contributed by atoms with E-state index in [0.29, 0.717) is 25.2 Å². The molecule has 10 heteroatoms. The smallest absolute Gasteiger partial charge is 0.322 e. The maximum atomic E-state index is 12.9. The molecule has 162 valence electrons. The van der Waals surface area contributed by atoms with Crippen molar-refractivity contribution in [3.05, 3.63) is 34.9 Å². The average Bonchev–Trinajstić information content (AvgIpc) is 2.99. The summed E-state index contributed by atoms with van der Waals surface area (Å²) in [5, 5.41) is 5.19. The maximum Gasteiger partial charge on any atom is 0.390 e. The van der Waals surface area contributed by atoms with Crippen molar-refractivity contribution >= 4 is 17.7 Å². The minimum absolute atomic E-state index is 0.185. The molecule has 7 nitrogen and oxygen atoms in total. The first-order valence-electron chi connectivity index (χ1n) is 9.99. The van der Waals surface area contributed by atoms with Crippen LogP contribution in [0.3, 0.4) is 0 Å². The van der Waals surface area contributed by atoms with E-state index in [1.807, 2.05) is 11.0 Å². The number of rotatable bonds is 4. The summed E-state index contributed by atoms with van der Waals surface area (Å²) < 4.78 is 38.2. The van der Waals surface area contributed by atoms with Crippen molar-refractivity contribution in [2.75, 3.05) is 19.6 Å². The van der Waals surface area contributed by atoms with Crippen molar-refractivity contribution in [2.45, 2.75) is 50.6 Å². The van der Waals surface area contributed by atoms with Crippen LogP contribution in [-0.2, 0) is 22.7 Å². The fraction of sp³-hybridized carbons (Fsp3) is 0.550. The van der Waals surface area contributed by atoms with Gasteiger partial charge in [-0.05, 0) is 23.6 Å². The molecule has 1 aromatic rings. The number of hydrogen-bond acceptors (Lipinski definition) is 5. The van der Waals surface area contributed by atoms with Gasteiger partial charge in [-0.1, -0.05) is 12.1 Å². The number of fused-ring (bicyclic) bond motifs is 1. The highest BCUT2D eigenvalue weighted by molar-refractivity contribution is 6.05. The van der Waals surface area contributed by atoms with Gasteiger partial charge in [0.05, 0.1) is 6.42 Å². The summed E-state index contributed by atoms with van der Waals surface area (Å²) in [6.45, 7) is 2.05. The Morgan fingerprint density at radius 1 is 1.17 bits per heavy atom. The number of alkyl halides is 3. The summed E-state index contributed by atoms with van der Waals surface area (Å²) in [6, 6.07) is 4.00. The van der Waals surface area contributed by atoms with Crippen LogP contribution in [0.1, 0.15) is 40.7 Å². The molecule has 0 bridgehead atoms. The minimum atomic E-state index is -4.22. The van der Waals surface area contributed by atoms with Gasteiger partial charge < -0.3 is 10.2 Å². The number of benzene rings is 1. The van der Waals surface area contributed by atoms with Crippen LogP contribution in [0.25, 0.3) is 0 Å². The van der Waals surface area contributed by atoms with E-state index in [4.69, 9.17) is 0 Å². The predicted molar refractivity (Wildman–Crippen MR) is 100 cm³/mol. The number of piperazine rings is 1. The number of hydrogen-bond donors (Lipinski definition) is 2. The number of carbonyl (C=O) groups excluding carboxylic acids is 3. The lowest BCUT2D eigenvalue weighted by Crippen LogP contribution is -2.52. The number of piperidine rings is 1. The highest BCUT2D eigenvalue weighted by atomic mass is 19.4. The Bertz CT molecular complexity index is 873. The van der Waals surface area contributed by atoms with E-state index in [-0.39, 0.29) is 37.7 Å². The van der Waals surface area contributed by atoms with Gasteiger partial charge in [0, 0.05) is 50.7 Å². The van der Waals surface area contributed by atoms with Crippen LogP contribution in [0.4, 0.5) is 13.2 Å². The fourth-order valence-electron chi connectivity index (χ4n) is 4.49. The number of carbonyl (C=O) groups is 3. The highest BCUT2D eigenvalue weighted by Crippen LogP contribution is 2.31. The Hall–Kier alpha value is -2.46. The molecule has 1 aromatic carbocycles. The third kappa shape index (κ3) is 4.34. The van der Waals surface area contributed by atoms with E-state index in [0.717, 1.165) is 11.1 Å². The van der Waals surface area contributed by atoms with E-state index in [9.17, 15) is 27.6 Å². The van der Waals surface area contributed by atoms with E-state index >= 15 is 0 Å². The standard InChI is InChI=1S/C20H23F3N4O3/c21-20(22,23)8-13-10-26(7-6-24-13)9-12-2-1-3-14-15(12)11-27(19(14)30)16-4-5-17(28)25-18(16)29/h1-3,13,16,24H,4-11H2,(H,25,28,29). The Morgan fingerprint density at radius 2 is 1.97 bits per heavy atom. The third-order valence-electron chi connectivity index (χ3n) is 5.89. The molecule has 0 radical (unpaired) electrons. The van der Waals surface area contributed by atoms with Crippen molar-refractivity contribution in [2.24, 2.45) is 0 Å². The molecule has 2 saturated heterocycles. The number of nitrogens with zero attached hydrogens (tertiary/aromatic N) is 2. The molecule has 2 N–H and O–H groups in total. The highest BCUT2D eigenvalue weighted by Gasteiger charge is 2.40. The summed E-state index contributed by atoms with van der Waals surface area (Å²) in [6.07, 6.45) is -4.62. The monoisotopic (exact) mass is 424 g/mol. The fourth-order valence-corrected chi connectivity index (χ4v) is 4.49. The third-order valence-corrected chi connectivity index (χ3v) is 5.89. The van der Waals surface area contributed by atoms with Crippen LogP contribution < -0.4 is 10.6 Å². The molecule has 4 rings (SSSR count). The molecule has 3 aliphatic heterocycles. The van der Waals surface area contributed by atoms with E-state index in [1.165, 1.54) is 4.90 Å². The number of amides is 3. The summed E-state index contributed by atoms with van der Waals surface area (Å²) in [7, 11) is 0. The second-order valence-electron chi connectivity index (χ2n) is 8.05. The van der Waals surface area contributed by atoms with Crippen LogP contribution in [0.5, 0.6) is 0 Å². The van der Waals surface area contributed by atoms with Crippen LogP contribution in [0, 0.1) is 0 Å². The van der Waals surface area contributed by atoms with Crippen molar-refractivity contribution in [1.29, 1.82) is 0 Å². The van der Waals surface area contributed by atoms with Crippen LogP contribution in [-0.4, -0.2) is 65.4 Å². The van der Waals surface area contributed by atoms with Gasteiger partial charge in [-0.2, -0.15) is 13.2 Å². The molecular weight excluding hydrogens is 401 g/mol. The average molecular weight is 424 g/mol. The summed E-state index contributed by atoms with van der Waals surface area (Å²) in [4.78, 5) is 39.9. The van der Waals surface area contributed by atoms with Gasteiger partial charge in [0.15, 0.2) is 0 Å². The molecule has 0 saturated carbocycles. The van der Waals surface area contributed by atoms with Gasteiger partial charge in [0.2, 0.25) is 11.8 Å². The Morgan fingerprint density at radius 3 is 2.70 bits per heavy atom. The summed E-state index contributed by atoms with van der Waals surface area (Å²) >= 11 is 0. The van der Waals surface area contributed by atoms with Crippen molar-refractivity contribution < 1.29 is 27.6 Å². The molecule has 30 heavy (non-hydrogen) atoms. The van der Waals surface area contributed by atoms with E-state index < -0.39 is 30.6 Å². The van der Waals surface area contributed by atoms with Gasteiger partial charge in [-0.25, -0.2) is 0 Å². The molecule has 3 heterocycles. The summed E-state index contributed by atoms with van der Waals surface area (Å²) in [5.74, 6) is -1.06. The molecule has 3 aliphatic rings. The van der Waals surface area contributed by atoms with Gasteiger partial charge in [-0.15, -0.1) is 0 Å². The van der Waals surface area contributed by atoms with Gasteiger partial charge >= 0.3 is 6.18 Å². The lowest BCUT2D eigenvalue weighted by molar-refractivity contribution is -0.142. The topological polar surface area (TPSA) is 81.8 Å². The quantitative estimate of drug-likeness (QED) is 0.710. The first kappa shape index (κ1) is 20.8. The molecule has 2 atom stereocenters. The predicted octanol–water partition coefficient (Wildman–Crippen LogP) is 1.17. The Labute approximate surface area is 171 Å². The maximum absolute atomic E-state index is 12.9.